The van der Waals surface area contributed by atoms with E-state index in [2.05, 4.69) is 22.3 Å². The van der Waals surface area contributed by atoms with Crippen molar-refractivity contribution in [2.75, 3.05) is 25.5 Å². The van der Waals surface area contributed by atoms with E-state index in [1.165, 1.54) is 30.7 Å². The van der Waals surface area contributed by atoms with Crippen molar-refractivity contribution in [1.82, 2.24) is 10.1 Å². The highest BCUT2D eigenvalue weighted by molar-refractivity contribution is 7.17. The molecule has 1 aliphatic rings. The van der Waals surface area contributed by atoms with Crippen molar-refractivity contribution < 1.29 is 18.8 Å². The van der Waals surface area contributed by atoms with Crippen molar-refractivity contribution >= 4 is 28.2 Å². The van der Waals surface area contributed by atoms with Crippen LogP contribution in [0.5, 0.6) is 0 Å². The number of ether oxygens (including phenoxy) is 1. The summed E-state index contributed by atoms with van der Waals surface area (Å²) in [6.45, 7) is 4.85. The number of nitrogens with zero attached hydrogens (tertiary/aromatic N) is 2. The van der Waals surface area contributed by atoms with Crippen LogP contribution in [-0.4, -0.2) is 42.1 Å². The number of esters is 1. The van der Waals surface area contributed by atoms with Gasteiger partial charge in [0.15, 0.2) is 0 Å². The molecule has 2 aromatic heterocycles. The number of fused-ring (bicyclic) bond motifs is 1. The summed E-state index contributed by atoms with van der Waals surface area (Å²) in [5.74, 6) is -0.754. The molecule has 1 aliphatic heterocycles. The number of thiophene rings is 1. The zero-order chi connectivity index (χ0) is 17.1. The Morgan fingerprint density at radius 2 is 2.33 bits per heavy atom. The van der Waals surface area contributed by atoms with Gasteiger partial charge in [-0.05, 0) is 24.9 Å². The first-order valence-electron chi connectivity index (χ1n) is 7.81. The lowest BCUT2D eigenvalue weighted by molar-refractivity contribution is 0.0600. The fourth-order valence-corrected chi connectivity index (χ4v) is 4.14. The third-order valence-electron chi connectivity index (χ3n) is 3.95. The second-order valence-corrected chi connectivity index (χ2v) is 6.66. The normalized spacial score (nSPS) is 14.2. The van der Waals surface area contributed by atoms with Crippen molar-refractivity contribution in [3.05, 3.63) is 34.0 Å². The van der Waals surface area contributed by atoms with Gasteiger partial charge in [0, 0.05) is 24.0 Å². The summed E-state index contributed by atoms with van der Waals surface area (Å²) in [5, 5.41) is 6.79. The molecule has 1 N–H and O–H groups in total. The number of hydrogen-bond donors (Lipinski definition) is 1. The maximum absolute atomic E-state index is 12.2. The van der Waals surface area contributed by atoms with Crippen LogP contribution in [0.4, 0.5) is 5.00 Å². The Bertz CT molecular complexity index is 739. The van der Waals surface area contributed by atoms with Gasteiger partial charge < -0.3 is 14.6 Å². The number of aromatic nitrogens is 1. The summed E-state index contributed by atoms with van der Waals surface area (Å²) in [5.41, 5.74) is 1.44. The molecular weight excluding hydrogens is 330 g/mol. The van der Waals surface area contributed by atoms with Crippen LogP contribution in [0.1, 0.15) is 44.7 Å². The summed E-state index contributed by atoms with van der Waals surface area (Å²) < 4.78 is 9.78. The van der Waals surface area contributed by atoms with Crippen molar-refractivity contribution in [2.24, 2.45) is 0 Å². The highest BCUT2D eigenvalue weighted by Gasteiger charge is 2.29. The Balaban J connectivity index is 1.91. The molecule has 0 unspecified atom stereocenters. The van der Waals surface area contributed by atoms with Crippen LogP contribution < -0.4 is 5.32 Å². The van der Waals surface area contributed by atoms with Gasteiger partial charge in [0.25, 0.3) is 5.91 Å². The monoisotopic (exact) mass is 349 g/mol. The Labute approximate surface area is 143 Å². The molecule has 0 aromatic carbocycles. The number of hydrogen-bond acceptors (Lipinski definition) is 7. The highest BCUT2D eigenvalue weighted by Crippen LogP contribution is 2.37. The van der Waals surface area contributed by atoms with Crippen LogP contribution >= 0.6 is 11.3 Å². The molecule has 1 amide bonds. The summed E-state index contributed by atoms with van der Waals surface area (Å²) >= 11 is 1.42. The highest BCUT2D eigenvalue weighted by atomic mass is 32.1. The number of nitrogens with one attached hydrogen (secondary N) is 1. The molecule has 0 atom stereocenters. The average molecular weight is 349 g/mol. The Hall–Kier alpha value is -2.19. The van der Waals surface area contributed by atoms with Crippen LogP contribution in [0.15, 0.2) is 16.8 Å². The number of carbonyl (C=O) groups is 2. The summed E-state index contributed by atoms with van der Waals surface area (Å²) in [7, 11) is 1.35. The van der Waals surface area contributed by atoms with Crippen LogP contribution in [0, 0.1) is 0 Å². The van der Waals surface area contributed by atoms with Gasteiger partial charge in [0.1, 0.15) is 5.00 Å². The molecule has 0 radical (unpaired) electrons. The van der Waals surface area contributed by atoms with Gasteiger partial charge in [0.2, 0.25) is 5.76 Å². The molecule has 128 valence electrons. The topological polar surface area (TPSA) is 84.7 Å². The molecule has 0 fully saturated rings. The number of rotatable bonds is 5. The average Bonchev–Trinajstić information content (AvgIpc) is 3.21. The molecule has 0 bridgehead atoms. The van der Waals surface area contributed by atoms with Gasteiger partial charge in [-0.15, -0.1) is 11.3 Å². The molecule has 3 rings (SSSR count). The zero-order valence-electron chi connectivity index (χ0n) is 13.6. The second kappa shape index (κ2) is 7.14. The van der Waals surface area contributed by atoms with E-state index in [0.29, 0.717) is 10.6 Å². The molecule has 0 saturated carbocycles. The third kappa shape index (κ3) is 3.20. The summed E-state index contributed by atoms with van der Waals surface area (Å²) in [4.78, 5) is 27.9. The molecule has 3 heterocycles. The number of anilines is 1. The molecule has 24 heavy (non-hydrogen) atoms. The lowest BCUT2D eigenvalue weighted by Crippen LogP contribution is -2.30. The Morgan fingerprint density at radius 1 is 1.50 bits per heavy atom. The molecule has 0 spiro atoms. The predicted molar refractivity (Wildman–Crippen MR) is 89.4 cm³/mol. The van der Waals surface area contributed by atoms with Gasteiger partial charge >= 0.3 is 5.97 Å². The number of methoxy groups -OCH3 is 1. The van der Waals surface area contributed by atoms with Gasteiger partial charge in [-0.1, -0.05) is 12.1 Å². The van der Waals surface area contributed by atoms with Crippen molar-refractivity contribution in [1.29, 1.82) is 0 Å². The van der Waals surface area contributed by atoms with Crippen LogP contribution in [0.25, 0.3) is 0 Å². The lowest BCUT2D eigenvalue weighted by atomic mass is 10.0. The molecule has 7 nitrogen and oxygen atoms in total. The third-order valence-corrected chi connectivity index (χ3v) is 5.09. The lowest BCUT2D eigenvalue weighted by Gasteiger charge is -2.26. The standard InChI is InChI=1S/C16H19N3O4S/c1-3-7-19-8-5-10-12(9-19)24-15(13(10)16(21)22-2)18-14(20)11-4-6-17-23-11/h4,6H,3,5,7-9H2,1-2H3,(H,18,20). The quantitative estimate of drug-likeness (QED) is 0.835. The van der Waals surface area contributed by atoms with E-state index in [-0.39, 0.29) is 5.76 Å². The molecule has 8 heteroatoms. The zero-order valence-corrected chi connectivity index (χ0v) is 14.4. The molecule has 0 saturated heterocycles. The summed E-state index contributed by atoms with van der Waals surface area (Å²) in [6, 6.07) is 1.48. The number of amides is 1. The maximum atomic E-state index is 12.2. The van der Waals surface area contributed by atoms with Crippen molar-refractivity contribution in [3.8, 4) is 0 Å². The largest absolute Gasteiger partial charge is 0.465 e. The smallest absolute Gasteiger partial charge is 0.341 e. The molecule has 2 aromatic rings. The van der Waals surface area contributed by atoms with E-state index in [4.69, 9.17) is 9.26 Å². The first-order chi connectivity index (χ1) is 11.6. The van der Waals surface area contributed by atoms with Crippen LogP contribution in [0.3, 0.4) is 0 Å². The molecular formula is C16H19N3O4S. The minimum atomic E-state index is -0.429. The number of carbonyl (C=O) groups excluding carboxylic acids is 2. The minimum absolute atomic E-state index is 0.102. The van der Waals surface area contributed by atoms with E-state index >= 15 is 0 Å². The van der Waals surface area contributed by atoms with Crippen molar-refractivity contribution in [2.45, 2.75) is 26.3 Å². The van der Waals surface area contributed by atoms with E-state index in [1.54, 1.807) is 0 Å². The fraction of sp³-hybridized carbons (Fsp3) is 0.438. The predicted octanol–water partition coefficient (Wildman–Crippen LogP) is 2.54. The fourth-order valence-electron chi connectivity index (χ4n) is 2.87. The van der Waals surface area contributed by atoms with Gasteiger partial charge in [-0.25, -0.2) is 4.79 Å². The Kier molecular flexibility index (Phi) is 4.96. The minimum Gasteiger partial charge on any atom is -0.465 e. The van der Waals surface area contributed by atoms with E-state index in [0.717, 1.165) is 42.9 Å². The maximum Gasteiger partial charge on any atom is 0.341 e. The Morgan fingerprint density at radius 3 is 3.00 bits per heavy atom. The van der Waals surface area contributed by atoms with Crippen LogP contribution in [-0.2, 0) is 17.7 Å². The van der Waals surface area contributed by atoms with E-state index < -0.39 is 11.9 Å². The first kappa shape index (κ1) is 16.7. The SMILES string of the molecule is CCCN1CCc2c(sc(NC(=O)c3ccno3)c2C(=O)OC)C1. The summed E-state index contributed by atoms with van der Waals surface area (Å²) in [6.07, 6.45) is 3.26. The van der Waals surface area contributed by atoms with E-state index in [9.17, 15) is 9.59 Å². The van der Waals surface area contributed by atoms with Crippen LogP contribution in [0.2, 0.25) is 0 Å². The molecule has 0 aliphatic carbocycles. The van der Waals surface area contributed by atoms with Gasteiger partial charge in [-0.3, -0.25) is 9.69 Å². The van der Waals surface area contributed by atoms with Gasteiger partial charge in [-0.2, -0.15) is 0 Å². The van der Waals surface area contributed by atoms with Crippen molar-refractivity contribution in [3.63, 3.8) is 0 Å². The van der Waals surface area contributed by atoms with E-state index in [1.807, 2.05) is 0 Å². The van der Waals surface area contributed by atoms with Gasteiger partial charge in [0.05, 0.1) is 18.9 Å². The first-order valence-corrected chi connectivity index (χ1v) is 8.63. The second-order valence-electron chi connectivity index (χ2n) is 5.56.